The molecule has 6 N–H and O–H groups in total. The number of carbonyl (C=O) groups excluding carboxylic acids is 2. The average Bonchev–Trinajstić information content (AvgIpc) is 2.69. The minimum atomic E-state index is -4.77. The van der Waals surface area contributed by atoms with Gasteiger partial charge in [-0.2, -0.15) is 13.2 Å². The summed E-state index contributed by atoms with van der Waals surface area (Å²) >= 11 is 0. The molecule has 0 bridgehead atoms. The number of hydrogen-bond donors (Lipinski definition) is 5. The molecule has 1 aliphatic rings. The lowest BCUT2D eigenvalue weighted by atomic mass is 9.90. The van der Waals surface area contributed by atoms with Gasteiger partial charge in [-0.1, -0.05) is 26.0 Å². The second-order valence-electron chi connectivity index (χ2n) is 8.18. The number of alkyl halides is 3. The fraction of sp³-hybridized carbons (Fsp3) is 0.500. The Morgan fingerprint density at radius 3 is 2.42 bits per heavy atom. The van der Waals surface area contributed by atoms with Crippen LogP contribution < -0.4 is 15.8 Å². The summed E-state index contributed by atoms with van der Waals surface area (Å²) in [5.74, 6) is -1.56. The molecule has 0 aliphatic heterocycles. The van der Waals surface area contributed by atoms with E-state index in [2.05, 4.69) is 5.32 Å². The van der Waals surface area contributed by atoms with E-state index < -0.39 is 62.8 Å². The topological polar surface area (TPSA) is 159 Å². The number of primary amides is 1. The summed E-state index contributed by atoms with van der Waals surface area (Å²) < 4.78 is 66.1. The van der Waals surface area contributed by atoms with Crippen LogP contribution in [0.1, 0.15) is 32.3 Å². The van der Waals surface area contributed by atoms with Crippen LogP contribution in [0.4, 0.5) is 13.2 Å². The fourth-order valence-corrected chi connectivity index (χ4v) is 4.54. The van der Waals surface area contributed by atoms with Gasteiger partial charge in [-0.25, -0.2) is 13.1 Å². The number of nitrogens with two attached hydrogens (primary N) is 1. The highest BCUT2D eigenvalue weighted by Gasteiger charge is 2.37. The number of amides is 2. The van der Waals surface area contributed by atoms with Crippen LogP contribution in [0.3, 0.4) is 0 Å². The Kier molecular flexibility index (Phi) is 8.27. The van der Waals surface area contributed by atoms with Crippen molar-refractivity contribution in [1.82, 2.24) is 10.0 Å². The molecule has 9 nitrogen and oxygen atoms in total. The lowest BCUT2D eigenvalue weighted by Crippen LogP contribution is -2.52. The molecule has 2 rings (SSSR count). The second kappa shape index (κ2) is 10.2. The molecule has 4 atom stereocenters. The first kappa shape index (κ1) is 26.8. The maximum atomic E-state index is 12.9. The lowest BCUT2D eigenvalue weighted by molar-refractivity contribution is -0.137. The van der Waals surface area contributed by atoms with Gasteiger partial charge in [0.1, 0.15) is 12.1 Å². The summed E-state index contributed by atoms with van der Waals surface area (Å²) in [7, 11) is -4.57. The lowest BCUT2D eigenvalue weighted by Gasteiger charge is -2.31. The van der Waals surface area contributed by atoms with Gasteiger partial charge in [0.2, 0.25) is 21.8 Å². The third kappa shape index (κ3) is 7.00. The van der Waals surface area contributed by atoms with E-state index in [1.807, 2.05) is 4.72 Å². The molecule has 33 heavy (non-hydrogen) atoms. The van der Waals surface area contributed by atoms with E-state index in [-0.39, 0.29) is 24.3 Å². The van der Waals surface area contributed by atoms with Crippen LogP contribution in [0.25, 0.3) is 0 Å². The van der Waals surface area contributed by atoms with Crippen molar-refractivity contribution < 1.29 is 41.4 Å². The molecule has 0 saturated heterocycles. The van der Waals surface area contributed by atoms with E-state index in [0.29, 0.717) is 12.1 Å². The van der Waals surface area contributed by atoms with Gasteiger partial charge in [0, 0.05) is 12.0 Å². The number of nitrogens with one attached hydrogen (secondary N) is 2. The number of aliphatic hydroxyl groups is 2. The molecule has 184 valence electrons. The Morgan fingerprint density at radius 2 is 1.88 bits per heavy atom. The highest BCUT2D eigenvalue weighted by Crippen LogP contribution is 2.30. The third-order valence-electron chi connectivity index (χ3n) is 4.98. The van der Waals surface area contributed by atoms with Gasteiger partial charge in [-0.3, -0.25) is 9.59 Å². The molecule has 2 amide bonds. The first-order chi connectivity index (χ1) is 15.1. The van der Waals surface area contributed by atoms with E-state index >= 15 is 0 Å². The quantitative estimate of drug-likeness (QED) is 0.353. The van der Waals surface area contributed by atoms with Crippen LogP contribution in [0.15, 0.2) is 40.8 Å². The van der Waals surface area contributed by atoms with E-state index in [1.54, 1.807) is 13.8 Å². The maximum Gasteiger partial charge on any atom is 0.416 e. The molecule has 0 heterocycles. The Labute approximate surface area is 188 Å². The molecule has 4 unspecified atom stereocenters. The van der Waals surface area contributed by atoms with Crippen molar-refractivity contribution in [3.05, 3.63) is 41.5 Å². The summed E-state index contributed by atoms with van der Waals surface area (Å²) in [6.45, 7) is 3.61. The van der Waals surface area contributed by atoms with Crippen molar-refractivity contribution in [2.45, 2.75) is 62.1 Å². The summed E-state index contributed by atoms with van der Waals surface area (Å²) in [5, 5.41) is 22.8. The second-order valence-corrected chi connectivity index (χ2v) is 9.90. The molecule has 1 aliphatic carbocycles. The zero-order valence-corrected chi connectivity index (χ0v) is 18.7. The van der Waals surface area contributed by atoms with Crippen LogP contribution in [0.5, 0.6) is 0 Å². The number of sulfonamides is 1. The highest BCUT2D eigenvalue weighted by molar-refractivity contribution is 7.89. The molecular weight excluding hydrogens is 467 g/mol. The first-order valence-corrected chi connectivity index (χ1v) is 11.5. The van der Waals surface area contributed by atoms with Crippen molar-refractivity contribution in [3.8, 4) is 0 Å². The molecule has 1 aromatic rings. The van der Waals surface area contributed by atoms with Crippen LogP contribution in [0.2, 0.25) is 0 Å². The summed E-state index contributed by atoms with van der Waals surface area (Å²) in [6.07, 6.45) is -7.06. The van der Waals surface area contributed by atoms with E-state index in [9.17, 15) is 41.4 Å². The molecule has 13 heteroatoms. The van der Waals surface area contributed by atoms with Gasteiger partial charge in [-0.05, 0) is 30.5 Å². The zero-order valence-electron chi connectivity index (χ0n) is 17.8. The first-order valence-electron chi connectivity index (χ1n) is 9.98. The normalized spacial score (nSPS) is 22.5. The van der Waals surface area contributed by atoms with Crippen molar-refractivity contribution >= 4 is 21.8 Å². The summed E-state index contributed by atoms with van der Waals surface area (Å²) in [4.78, 5) is 23.5. The Balaban J connectivity index is 2.29. The van der Waals surface area contributed by atoms with Crippen LogP contribution in [0, 0.1) is 5.92 Å². The van der Waals surface area contributed by atoms with Gasteiger partial charge in [0.15, 0.2) is 0 Å². The molecule has 0 saturated carbocycles. The smallest absolute Gasteiger partial charge is 0.390 e. The predicted molar refractivity (Wildman–Crippen MR) is 111 cm³/mol. The molecule has 0 spiro atoms. The standard InChI is InChI=1S/C20H26F3N3O6S/c1-10(2)6-15(18(24)29)25-19(30)11-7-14(17(28)16(27)8-11)26-33(31,32)13-5-3-4-12(9-13)20(21,22)23/h3-5,7,9-10,14-17,26-28H,6,8H2,1-2H3,(H2,24,29)(H,25,30). The molecule has 0 aromatic heterocycles. The van der Waals surface area contributed by atoms with Crippen molar-refractivity contribution in [2.75, 3.05) is 0 Å². The number of carbonyl (C=O) groups is 2. The predicted octanol–water partition coefficient (Wildman–Crippen LogP) is 0.420. The average molecular weight is 494 g/mol. The Morgan fingerprint density at radius 1 is 1.24 bits per heavy atom. The zero-order chi connectivity index (χ0) is 25.1. The number of rotatable bonds is 8. The monoisotopic (exact) mass is 493 g/mol. The Bertz CT molecular complexity index is 1030. The maximum absolute atomic E-state index is 12.9. The number of benzene rings is 1. The fourth-order valence-electron chi connectivity index (χ4n) is 3.30. The van der Waals surface area contributed by atoms with Crippen LogP contribution in [-0.4, -0.2) is 54.7 Å². The van der Waals surface area contributed by atoms with E-state index in [0.717, 1.165) is 18.2 Å². The number of halogens is 3. The van der Waals surface area contributed by atoms with Gasteiger partial charge in [0.25, 0.3) is 0 Å². The van der Waals surface area contributed by atoms with Crippen LogP contribution >= 0.6 is 0 Å². The number of aliphatic hydroxyl groups excluding tert-OH is 2. The van der Waals surface area contributed by atoms with Gasteiger partial charge in [0.05, 0.1) is 22.6 Å². The third-order valence-corrected chi connectivity index (χ3v) is 6.44. The largest absolute Gasteiger partial charge is 0.416 e. The van der Waals surface area contributed by atoms with Crippen molar-refractivity contribution in [2.24, 2.45) is 11.7 Å². The molecular formula is C20H26F3N3O6S. The summed E-state index contributed by atoms with van der Waals surface area (Å²) in [6, 6.07) is 0.441. The number of hydrogen-bond acceptors (Lipinski definition) is 6. The molecule has 1 aromatic carbocycles. The van der Waals surface area contributed by atoms with Crippen molar-refractivity contribution in [1.29, 1.82) is 0 Å². The molecule has 0 fully saturated rings. The van der Waals surface area contributed by atoms with Gasteiger partial charge in [-0.15, -0.1) is 0 Å². The van der Waals surface area contributed by atoms with Gasteiger partial charge < -0.3 is 21.3 Å². The SMILES string of the molecule is CC(C)CC(NC(=O)C1=CC(NS(=O)(=O)c2cccc(C(F)(F)F)c2)C(O)C(O)C1)C(N)=O. The van der Waals surface area contributed by atoms with Crippen LogP contribution in [-0.2, 0) is 25.8 Å². The van der Waals surface area contributed by atoms with E-state index in [1.165, 1.54) is 0 Å². The molecule has 0 radical (unpaired) electrons. The van der Waals surface area contributed by atoms with Gasteiger partial charge >= 0.3 is 6.18 Å². The minimum Gasteiger partial charge on any atom is -0.390 e. The Hall–Kier alpha value is -2.48. The van der Waals surface area contributed by atoms with E-state index in [4.69, 9.17) is 5.73 Å². The summed E-state index contributed by atoms with van der Waals surface area (Å²) in [5.41, 5.74) is 3.98. The minimum absolute atomic E-state index is 0.0163. The van der Waals surface area contributed by atoms with Crippen molar-refractivity contribution in [3.63, 3.8) is 0 Å². The highest BCUT2D eigenvalue weighted by atomic mass is 32.2.